The minimum absolute atomic E-state index is 0.0142. The first-order valence-corrected chi connectivity index (χ1v) is 14.9. The molecule has 0 spiro atoms. The van der Waals surface area contributed by atoms with Crippen LogP contribution in [-0.4, -0.2) is 34.1 Å². The van der Waals surface area contributed by atoms with Crippen LogP contribution in [0.5, 0.6) is 11.5 Å². The zero-order valence-corrected chi connectivity index (χ0v) is 25.7. The Morgan fingerprint density at radius 3 is 2.38 bits per heavy atom. The van der Waals surface area contributed by atoms with E-state index in [9.17, 15) is 24.5 Å². The Kier molecular flexibility index (Phi) is 9.05. The number of nitrogens with zero attached hydrogens (tertiary/aromatic N) is 3. The first kappa shape index (κ1) is 31.1. The quantitative estimate of drug-likeness (QED) is 0.113. The third kappa shape index (κ3) is 6.75. The molecule has 0 unspecified atom stereocenters. The topological polar surface area (TPSA) is 139 Å². The second-order valence-electron chi connectivity index (χ2n) is 10.3. The molecule has 12 heteroatoms. The summed E-state index contributed by atoms with van der Waals surface area (Å²) in [7, 11) is 0. The van der Waals surface area contributed by atoms with Crippen LogP contribution in [0.15, 0.2) is 93.9 Å². The summed E-state index contributed by atoms with van der Waals surface area (Å²) in [6.07, 6.45) is 1.68. The summed E-state index contributed by atoms with van der Waals surface area (Å²) in [5.74, 6) is -0.393. The van der Waals surface area contributed by atoms with E-state index in [1.165, 1.54) is 34.1 Å². The van der Waals surface area contributed by atoms with E-state index in [-0.39, 0.29) is 40.8 Å². The number of benzene rings is 3. The second-order valence-corrected chi connectivity index (χ2v) is 11.3. The Morgan fingerprint density at radius 1 is 1.04 bits per heavy atom. The average molecular weight is 628 g/mol. The number of hydrogen-bond donors (Lipinski definition) is 0. The minimum Gasteiger partial charge on any atom is -0.491 e. The molecule has 0 saturated carbocycles. The van der Waals surface area contributed by atoms with Gasteiger partial charge < -0.3 is 14.2 Å². The van der Waals surface area contributed by atoms with Crippen LogP contribution >= 0.6 is 11.3 Å². The van der Waals surface area contributed by atoms with E-state index in [0.29, 0.717) is 31.9 Å². The Bertz CT molecular complexity index is 1990. The van der Waals surface area contributed by atoms with Crippen molar-refractivity contribution in [3.63, 3.8) is 0 Å². The average Bonchev–Trinajstić information content (AvgIpc) is 3.31. The number of ether oxygens (including phenoxy) is 3. The van der Waals surface area contributed by atoms with E-state index in [2.05, 4.69) is 4.99 Å². The molecule has 5 rings (SSSR count). The summed E-state index contributed by atoms with van der Waals surface area (Å²) >= 11 is 1.19. The molecule has 45 heavy (non-hydrogen) atoms. The van der Waals surface area contributed by atoms with Crippen LogP contribution in [0, 0.1) is 10.1 Å². The molecule has 1 aliphatic heterocycles. The molecule has 1 aromatic heterocycles. The third-order valence-corrected chi connectivity index (χ3v) is 7.75. The van der Waals surface area contributed by atoms with Gasteiger partial charge >= 0.3 is 11.9 Å². The zero-order valence-electron chi connectivity index (χ0n) is 24.9. The fourth-order valence-electron chi connectivity index (χ4n) is 4.80. The van der Waals surface area contributed by atoms with Crippen LogP contribution in [0.3, 0.4) is 0 Å². The number of esters is 2. The van der Waals surface area contributed by atoms with Crippen LogP contribution in [0.25, 0.3) is 6.08 Å². The SMILES string of the molecule is CCOC(=O)C1=C(C)N=c2s/c(=C\c3ccc(OC(=O)c4cccc([N+](=O)[O-])c4)cc3)c(=O)n2[C@@H]1c1ccc(OC(C)C)cc1. The maximum Gasteiger partial charge on any atom is 0.343 e. The fourth-order valence-corrected chi connectivity index (χ4v) is 5.85. The van der Waals surface area contributed by atoms with Crippen molar-refractivity contribution in [3.8, 4) is 11.5 Å². The van der Waals surface area contributed by atoms with Crippen molar-refractivity contribution < 1.29 is 28.7 Å². The van der Waals surface area contributed by atoms with Gasteiger partial charge in [0.05, 0.1) is 45.0 Å². The maximum atomic E-state index is 13.9. The van der Waals surface area contributed by atoms with Crippen LogP contribution in [0.1, 0.15) is 55.2 Å². The molecule has 0 saturated heterocycles. The smallest absolute Gasteiger partial charge is 0.343 e. The molecule has 1 aliphatic rings. The molecule has 0 bridgehead atoms. The van der Waals surface area contributed by atoms with Gasteiger partial charge in [-0.05, 0) is 75.2 Å². The molecule has 1 atom stereocenters. The van der Waals surface area contributed by atoms with Gasteiger partial charge in [-0.2, -0.15) is 0 Å². The number of carbonyl (C=O) groups excluding carboxylic acids is 2. The van der Waals surface area contributed by atoms with Crippen molar-refractivity contribution in [3.05, 3.63) is 131 Å². The number of carbonyl (C=O) groups is 2. The number of thiazole rings is 1. The van der Waals surface area contributed by atoms with Crippen molar-refractivity contribution in [2.45, 2.75) is 39.8 Å². The molecule has 0 aliphatic carbocycles. The number of nitro benzene ring substituents is 1. The van der Waals surface area contributed by atoms with E-state index >= 15 is 0 Å². The van der Waals surface area contributed by atoms with E-state index in [0.717, 1.165) is 6.07 Å². The Morgan fingerprint density at radius 2 is 1.73 bits per heavy atom. The highest BCUT2D eigenvalue weighted by atomic mass is 32.1. The summed E-state index contributed by atoms with van der Waals surface area (Å²) in [5.41, 5.74) is 1.59. The normalized spacial score (nSPS) is 14.5. The summed E-state index contributed by atoms with van der Waals surface area (Å²) < 4.78 is 18.4. The Labute approximate surface area is 261 Å². The highest BCUT2D eigenvalue weighted by molar-refractivity contribution is 7.07. The number of aromatic nitrogens is 1. The van der Waals surface area contributed by atoms with Crippen molar-refractivity contribution >= 4 is 35.0 Å². The first-order chi connectivity index (χ1) is 21.5. The molecular weight excluding hydrogens is 598 g/mol. The van der Waals surface area contributed by atoms with Crippen LogP contribution in [0.4, 0.5) is 5.69 Å². The largest absolute Gasteiger partial charge is 0.491 e. The van der Waals surface area contributed by atoms with Crippen molar-refractivity contribution in [1.82, 2.24) is 4.57 Å². The van der Waals surface area contributed by atoms with Crippen LogP contribution in [-0.2, 0) is 9.53 Å². The predicted octanol–water partition coefficient (Wildman–Crippen LogP) is 4.71. The summed E-state index contributed by atoms with van der Waals surface area (Å²) in [6.45, 7) is 7.47. The molecule has 0 amide bonds. The minimum atomic E-state index is -0.758. The summed E-state index contributed by atoms with van der Waals surface area (Å²) in [6, 6.07) is 18.2. The predicted molar refractivity (Wildman–Crippen MR) is 167 cm³/mol. The van der Waals surface area contributed by atoms with Crippen molar-refractivity contribution in [1.29, 1.82) is 0 Å². The highest BCUT2D eigenvalue weighted by Gasteiger charge is 2.33. The molecule has 230 valence electrons. The third-order valence-electron chi connectivity index (χ3n) is 6.77. The molecule has 2 heterocycles. The molecule has 0 N–H and O–H groups in total. The van der Waals surface area contributed by atoms with Gasteiger partial charge in [-0.3, -0.25) is 19.5 Å². The van der Waals surface area contributed by atoms with E-state index in [1.54, 1.807) is 56.3 Å². The number of nitro groups is 1. The molecule has 3 aromatic carbocycles. The number of allylic oxidation sites excluding steroid dienone is 1. The lowest BCUT2D eigenvalue weighted by Crippen LogP contribution is -2.39. The second kappa shape index (κ2) is 13.1. The van der Waals surface area contributed by atoms with Gasteiger partial charge in [0.25, 0.3) is 11.2 Å². The van der Waals surface area contributed by atoms with Gasteiger partial charge in [-0.15, -0.1) is 0 Å². The fraction of sp³-hybridized carbons (Fsp3) is 0.212. The highest BCUT2D eigenvalue weighted by Crippen LogP contribution is 2.32. The molecule has 0 radical (unpaired) electrons. The Hall–Kier alpha value is -5.36. The van der Waals surface area contributed by atoms with Crippen LogP contribution < -0.4 is 24.4 Å². The van der Waals surface area contributed by atoms with Crippen molar-refractivity contribution in [2.75, 3.05) is 6.61 Å². The van der Waals surface area contributed by atoms with Gasteiger partial charge in [-0.25, -0.2) is 14.6 Å². The lowest BCUT2D eigenvalue weighted by Gasteiger charge is -2.25. The lowest BCUT2D eigenvalue weighted by atomic mass is 9.96. The monoisotopic (exact) mass is 627 g/mol. The lowest BCUT2D eigenvalue weighted by molar-refractivity contribution is -0.384. The van der Waals surface area contributed by atoms with Crippen LogP contribution in [0.2, 0.25) is 0 Å². The summed E-state index contributed by atoms with van der Waals surface area (Å²) in [4.78, 5) is 55.0. The number of rotatable bonds is 9. The number of non-ortho nitro benzene ring substituents is 1. The molecule has 11 nitrogen and oxygen atoms in total. The van der Waals surface area contributed by atoms with E-state index in [4.69, 9.17) is 14.2 Å². The van der Waals surface area contributed by atoms with E-state index < -0.39 is 22.9 Å². The van der Waals surface area contributed by atoms with Gasteiger partial charge in [0.2, 0.25) is 0 Å². The summed E-state index contributed by atoms with van der Waals surface area (Å²) in [5, 5.41) is 11.0. The number of hydrogen-bond acceptors (Lipinski definition) is 10. The molecular formula is C33H29N3O8S. The number of fused-ring (bicyclic) bond motifs is 1. The first-order valence-electron chi connectivity index (χ1n) is 14.1. The van der Waals surface area contributed by atoms with Gasteiger partial charge in [-0.1, -0.05) is 41.7 Å². The van der Waals surface area contributed by atoms with Gasteiger partial charge in [0, 0.05) is 12.1 Å². The maximum absolute atomic E-state index is 13.9. The van der Waals surface area contributed by atoms with Gasteiger partial charge in [0.15, 0.2) is 4.80 Å². The van der Waals surface area contributed by atoms with Gasteiger partial charge in [0.1, 0.15) is 11.5 Å². The molecule has 0 fully saturated rings. The zero-order chi connectivity index (χ0) is 32.2. The van der Waals surface area contributed by atoms with E-state index in [1.807, 2.05) is 26.0 Å². The molecule has 4 aromatic rings. The van der Waals surface area contributed by atoms with Crippen molar-refractivity contribution in [2.24, 2.45) is 4.99 Å². The standard InChI is InChI=1S/C33H29N3O8S/c1-5-42-32(39)28-20(4)34-33-35(29(28)22-11-15-25(16-12-22)43-19(2)3)30(37)27(45-33)17-21-9-13-26(14-10-21)44-31(38)23-7-6-8-24(18-23)36(40)41/h6-19,29H,5H2,1-4H3/b27-17-/t29-/m1/s1. The Balaban J connectivity index is 1.48.